The predicted molar refractivity (Wildman–Crippen MR) is 110 cm³/mol. The molecule has 2 atom stereocenters. The third-order valence-electron chi connectivity index (χ3n) is 4.65. The monoisotopic (exact) mass is 389 g/mol. The zero-order valence-corrected chi connectivity index (χ0v) is 17.1. The number of nitrogens with zero attached hydrogens (tertiary/aromatic N) is 2. The van der Waals surface area contributed by atoms with Gasteiger partial charge in [-0.05, 0) is 30.4 Å². The van der Waals surface area contributed by atoms with E-state index in [0.717, 1.165) is 53.4 Å². The molecule has 2 aromatic rings. The molecule has 0 bridgehead atoms. The summed E-state index contributed by atoms with van der Waals surface area (Å²) < 4.78 is 0. The first-order valence-electron chi connectivity index (χ1n) is 9.21. The molecule has 1 amide bonds. The van der Waals surface area contributed by atoms with Crippen molar-refractivity contribution >= 4 is 29.0 Å². The van der Waals surface area contributed by atoms with Crippen molar-refractivity contribution in [3.8, 4) is 0 Å². The van der Waals surface area contributed by atoms with Gasteiger partial charge in [-0.1, -0.05) is 26.0 Å². The van der Waals surface area contributed by atoms with Gasteiger partial charge in [0, 0.05) is 42.2 Å². The van der Waals surface area contributed by atoms with Crippen molar-refractivity contribution in [2.75, 3.05) is 26.2 Å². The molecular formula is C20H27N3OS2. The van der Waals surface area contributed by atoms with Crippen LogP contribution in [0.15, 0.2) is 40.1 Å². The Balaban J connectivity index is 1.51. The Kier molecular flexibility index (Phi) is 7.11. The van der Waals surface area contributed by atoms with E-state index >= 15 is 0 Å². The molecule has 4 nitrogen and oxygen atoms in total. The van der Waals surface area contributed by atoms with Gasteiger partial charge in [-0.25, -0.2) is 4.98 Å². The quantitative estimate of drug-likeness (QED) is 0.723. The van der Waals surface area contributed by atoms with Crippen molar-refractivity contribution in [1.82, 2.24) is 15.2 Å². The molecule has 1 aromatic carbocycles. The van der Waals surface area contributed by atoms with Gasteiger partial charge < -0.3 is 10.2 Å². The summed E-state index contributed by atoms with van der Waals surface area (Å²) in [6.45, 7) is 8.53. The van der Waals surface area contributed by atoms with Crippen LogP contribution in [0.3, 0.4) is 0 Å². The number of hydrogen-bond donors (Lipinski definition) is 1. The standard InChI is InChI=1S/C20H27N3OS2/c1-15-9-16(2)11-23(10-15)8-7-21-20(24)18-5-3-4-6-19(18)26-13-17-12-25-14-22-17/h3-6,12,14-16H,7-11,13H2,1-2H3,(H,21,24). The van der Waals surface area contributed by atoms with Gasteiger partial charge in [0.05, 0.1) is 16.8 Å². The first kappa shape index (κ1) is 19.4. The molecular weight excluding hydrogens is 362 g/mol. The van der Waals surface area contributed by atoms with Gasteiger partial charge in [-0.15, -0.1) is 23.1 Å². The second-order valence-corrected chi connectivity index (χ2v) is 8.96. The normalized spacial score (nSPS) is 20.8. The van der Waals surface area contributed by atoms with E-state index in [-0.39, 0.29) is 5.91 Å². The highest BCUT2D eigenvalue weighted by Crippen LogP contribution is 2.26. The molecule has 140 valence electrons. The lowest BCUT2D eigenvalue weighted by Gasteiger charge is -2.34. The number of hydrogen-bond acceptors (Lipinski definition) is 5. The Labute approximate surface area is 164 Å². The van der Waals surface area contributed by atoms with Crippen molar-refractivity contribution < 1.29 is 4.79 Å². The van der Waals surface area contributed by atoms with Crippen molar-refractivity contribution in [2.24, 2.45) is 11.8 Å². The minimum Gasteiger partial charge on any atom is -0.351 e. The number of amides is 1. The zero-order chi connectivity index (χ0) is 18.4. The summed E-state index contributed by atoms with van der Waals surface area (Å²) in [5, 5.41) is 5.15. The fraction of sp³-hybridized carbons (Fsp3) is 0.500. The lowest BCUT2D eigenvalue weighted by molar-refractivity contribution is 0.0934. The molecule has 2 heterocycles. The van der Waals surface area contributed by atoms with E-state index < -0.39 is 0 Å². The number of nitrogens with one attached hydrogen (secondary N) is 1. The number of rotatable bonds is 7. The third kappa shape index (κ3) is 5.56. The molecule has 0 aliphatic carbocycles. The molecule has 6 heteroatoms. The van der Waals surface area contributed by atoms with Gasteiger partial charge in [0.2, 0.25) is 0 Å². The number of piperidine rings is 1. The molecule has 26 heavy (non-hydrogen) atoms. The molecule has 1 N–H and O–H groups in total. The Morgan fingerprint density at radius 2 is 2.08 bits per heavy atom. The van der Waals surface area contributed by atoms with E-state index in [9.17, 15) is 4.79 Å². The maximum atomic E-state index is 12.6. The summed E-state index contributed by atoms with van der Waals surface area (Å²) >= 11 is 3.27. The predicted octanol–water partition coefficient (Wildman–Crippen LogP) is 4.14. The summed E-state index contributed by atoms with van der Waals surface area (Å²) in [4.78, 5) is 20.4. The van der Waals surface area contributed by atoms with E-state index in [1.165, 1.54) is 6.42 Å². The molecule has 1 aliphatic heterocycles. The van der Waals surface area contributed by atoms with Gasteiger partial charge in [0.15, 0.2) is 0 Å². The van der Waals surface area contributed by atoms with Crippen LogP contribution >= 0.6 is 23.1 Å². The van der Waals surface area contributed by atoms with E-state index in [1.807, 2.05) is 29.8 Å². The van der Waals surface area contributed by atoms with Crippen molar-refractivity contribution in [1.29, 1.82) is 0 Å². The summed E-state index contributed by atoms with van der Waals surface area (Å²) in [6, 6.07) is 7.83. The number of aromatic nitrogens is 1. The largest absolute Gasteiger partial charge is 0.351 e. The molecule has 1 aliphatic rings. The molecule has 0 radical (unpaired) electrons. The van der Waals surface area contributed by atoms with Crippen LogP contribution in [0, 0.1) is 11.8 Å². The smallest absolute Gasteiger partial charge is 0.252 e. The topological polar surface area (TPSA) is 45.2 Å². The molecule has 3 rings (SSSR count). The number of thioether (sulfide) groups is 1. The van der Waals surface area contributed by atoms with Crippen LogP contribution in [0.2, 0.25) is 0 Å². The number of benzene rings is 1. The van der Waals surface area contributed by atoms with Crippen LogP contribution in [0.1, 0.15) is 36.3 Å². The average Bonchev–Trinajstić information content (AvgIpc) is 3.13. The van der Waals surface area contributed by atoms with E-state index in [4.69, 9.17) is 0 Å². The number of likely N-dealkylation sites (tertiary alicyclic amines) is 1. The summed E-state index contributed by atoms with van der Waals surface area (Å²) in [6.07, 6.45) is 1.31. The van der Waals surface area contributed by atoms with E-state index in [1.54, 1.807) is 23.1 Å². The van der Waals surface area contributed by atoms with Crippen LogP contribution in [0.25, 0.3) is 0 Å². The molecule has 2 unspecified atom stereocenters. The van der Waals surface area contributed by atoms with Crippen LogP contribution in [0.5, 0.6) is 0 Å². The van der Waals surface area contributed by atoms with Crippen molar-refractivity contribution in [2.45, 2.75) is 30.9 Å². The SMILES string of the molecule is CC1CC(C)CN(CCNC(=O)c2ccccc2SCc2cscn2)C1. The van der Waals surface area contributed by atoms with Crippen LogP contribution in [-0.2, 0) is 5.75 Å². The molecule has 1 aromatic heterocycles. The Bertz CT molecular complexity index is 695. The number of carbonyl (C=O) groups is 1. The van der Waals surface area contributed by atoms with Crippen molar-refractivity contribution in [3.05, 3.63) is 46.4 Å². The van der Waals surface area contributed by atoms with Crippen LogP contribution < -0.4 is 5.32 Å². The second kappa shape index (κ2) is 9.53. The van der Waals surface area contributed by atoms with Gasteiger partial charge in [-0.2, -0.15) is 0 Å². The molecule has 0 spiro atoms. The van der Waals surface area contributed by atoms with Gasteiger partial charge in [0.25, 0.3) is 5.91 Å². The average molecular weight is 390 g/mol. The Hall–Kier alpha value is -1.37. The van der Waals surface area contributed by atoms with E-state index in [2.05, 4.69) is 34.4 Å². The fourth-order valence-electron chi connectivity index (χ4n) is 3.64. The van der Waals surface area contributed by atoms with Crippen LogP contribution in [-0.4, -0.2) is 42.0 Å². The van der Waals surface area contributed by atoms with Crippen molar-refractivity contribution in [3.63, 3.8) is 0 Å². The lowest BCUT2D eigenvalue weighted by Crippen LogP contribution is -2.42. The molecule has 1 saturated heterocycles. The Morgan fingerprint density at radius 3 is 2.81 bits per heavy atom. The minimum absolute atomic E-state index is 0.0180. The maximum Gasteiger partial charge on any atom is 0.252 e. The lowest BCUT2D eigenvalue weighted by atomic mass is 9.92. The first-order chi connectivity index (χ1) is 12.6. The summed E-state index contributed by atoms with van der Waals surface area (Å²) in [5.74, 6) is 2.30. The van der Waals surface area contributed by atoms with Crippen LogP contribution in [0.4, 0.5) is 0 Å². The van der Waals surface area contributed by atoms with E-state index in [0.29, 0.717) is 6.54 Å². The minimum atomic E-state index is 0.0180. The molecule has 1 fully saturated rings. The van der Waals surface area contributed by atoms with Gasteiger partial charge in [-0.3, -0.25) is 4.79 Å². The van der Waals surface area contributed by atoms with Gasteiger partial charge in [0.1, 0.15) is 0 Å². The molecule has 0 saturated carbocycles. The summed E-state index contributed by atoms with van der Waals surface area (Å²) in [7, 11) is 0. The van der Waals surface area contributed by atoms with Gasteiger partial charge >= 0.3 is 0 Å². The fourth-order valence-corrected chi connectivity index (χ4v) is 5.25. The number of thiazole rings is 1. The highest BCUT2D eigenvalue weighted by molar-refractivity contribution is 7.98. The zero-order valence-electron chi connectivity index (χ0n) is 15.5. The third-order valence-corrected chi connectivity index (χ3v) is 6.39. The first-order valence-corrected chi connectivity index (χ1v) is 11.1. The summed E-state index contributed by atoms with van der Waals surface area (Å²) in [5.41, 5.74) is 3.66. The number of carbonyl (C=O) groups excluding carboxylic acids is 1. The second-order valence-electron chi connectivity index (χ2n) is 7.23. The Morgan fingerprint density at radius 1 is 1.31 bits per heavy atom. The highest BCUT2D eigenvalue weighted by Gasteiger charge is 2.21. The maximum absolute atomic E-state index is 12.6. The highest BCUT2D eigenvalue weighted by atomic mass is 32.2.